The molecule has 2 aliphatic carbocycles. The average Bonchev–Trinajstić information content (AvgIpc) is 3.33. The topological polar surface area (TPSA) is 98.1 Å². The Morgan fingerprint density at radius 3 is 2.97 bits per heavy atom. The molecule has 31 heavy (non-hydrogen) atoms. The maximum absolute atomic E-state index is 11.5. The molecule has 3 aromatic rings. The molecule has 0 spiro atoms. The van der Waals surface area contributed by atoms with Crippen molar-refractivity contribution in [3.05, 3.63) is 52.2 Å². The Morgan fingerprint density at radius 1 is 1.26 bits per heavy atom. The van der Waals surface area contributed by atoms with E-state index in [0.717, 1.165) is 28.7 Å². The smallest absolute Gasteiger partial charge is 0.248 e. The molecule has 1 saturated carbocycles. The molecule has 2 unspecified atom stereocenters. The highest BCUT2D eigenvalue weighted by Gasteiger charge is 2.37. The average molecular weight is 436 g/mol. The molecule has 5 rings (SSSR count). The highest BCUT2D eigenvalue weighted by atomic mass is 32.1. The van der Waals surface area contributed by atoms with Gasteiger partial charge in [0.1, 0.15) is 17.0 Å². The second kappa shape index (κ2) is 8.20. The molecule has 0 aliphatic heterocycles. The molecule has 0 bridgehead atoms. The first-order valence-electron chi connectivity index (χ1n) is 11.1. The van der Waals surface area contributed by atoms with Crippen molar-refractivity contribution < 1.29 is 4.79 Å². The van der Waals surface area contributed by atoms with Gasteiger partial charge in [0.25, 0.3) is 0 Å². The van der Waals surface area contributed by atoms with Crippen LogP contribution in [-0.4, -0.2) is 33.9 Å². The van der Waals surface area contributed by atoms with E-state index < -0.39 is 0 Å². The van der Waals surface area contributed by atoms with Crippen LogP contribution in [0, 0.1) is 5.92 Å². The molecule has 7 heteroatoms. The Balaban J connectivity index is 1.33. The largest absolute Gasteiger partial charge is 0.383 e. The summed E-state index contributed by atoms with van der Waals surface area (Å²) in [5, 5.41) is 1.11. The second-order valence-corrected chi connectivity index (χ2v) is 10.2. The van der Waals surface area contributed by atoms with Crippen LogP contribution in [0.25, 0.3) is 10.2 Å². The standard InChI is InChI=1S/C24H29N5OS/c1-29(12-14-4-2-6-16(10-14)23(26)30)17-7-3-5-15(11-17)18-8-9-19-20(18)21-22(25)27-13-28-24(21)31-19/h2,4,6,10,13,15,17-18H,3,5,7-9,11-12H2,1H3,(H2,26,30)(H2,25,27,28)/t15?,17-,18?/m0/s1. The van der Waals surface area contributed by atoms with Crippen molar-refractivity contribution in [1.29, 1.82) is 0 Å². The van der Waals surface area contributed by atoms with Gasteiger partial charge in [-0.2, -0.15) is 0 Å². The number of nitrogen functional groups attached to an aromatic ring is 1. The van der Waals surface area contributed by atoms with Crippen LogP contribution in [0.4, 0.5) is 5.82 Å². The molecule has 6 nitrogen and oxygen atoms in total. The fraction of sp³-hybridized carbons (Fsp3) is 0.458. The van der Waals surface area contributed by atoms with Gasteiger partial charge in [-0.3, -0.25) is 9.69 Å². The Morgan fingerprint density at radius 2 is 2.13 bits per heavy atom. The number of nitrogens with two attached hydrogens (primary N) is 2. The lowest BCUT2D eigenvalue weighted by molar-refractivity contribution is 0.1000. The number of fused-ring (bicyclic) bond motifs is 3. The fourth-order valence-electron chi connectivity index (χ4n) is 5.71. The number of hydrogen-bond acceptors (Lipinski definition) is 6. The molecule has 0 saturated heterocycles. The van der Waals surface area contributed by atoms with E-state index in [4.69, 9.17) is 11.5 Å². The summed E-state index contributed by atoms with van der Waals surface area (Å²) in [6.45, 7) is 0.830. The summed E-state index contributed by atoms with van der Waals surface area (Å²) in [4.78, 5) is 25.2. The maximum Gasteiger partial charge on any atom is 0.248 e. The van der Waals surface area contributed by atoms with Crippen LogP contribution in [0.1, 0.15) is 64.4 Å². The third kappa shape index (κ3) is 3.81. The van der Waals surface area contributed by atoms with E-state index in [1.54, 1.807) is 23.7 Å². The van der Waals surface area contributed by atoms with Crippen molar-refractivity contribution in [3.8, 4) is 0 Å². The van der Waals surface area contributed by atoms with E-state index in [1.807, 2.05) is 12.1 Å². The minimum atomic E-state index is -0.370. The van der Waals surface area contributed by atoms with Gasteiger partial charge < -0.3 is 11.5 Å². The van der Waals surface area contributed by atoms with Gasteiger partial charge in [-0.25, -0.2) is 9.97 Å². The summed E-state index contributed by atoms with van der Waals surface area (Å²) in [5.41, 5.74) is 14.9. The SMILES string of the molecule is CN(Cc1cccc(C(N)=O)c1)[C@H]1CCCC(C2CCc3sc4ncnc(N)c4c32)C1. The number of rotatable bonds is 5. The zero-order chi connectivity index (χ0) is 21.5. The molecule has 1 aromatic carbocycles. The minimum absolute atomic E-state index is 0.370. The van der Waals surface area contributed by atoms with Gasteiger partial charge in [-0.05, 0) is 74.2 Å². The third-order valence-corrected chi connectivity index (χ3v) is 8.38. The number of carbonyl (C=O) groups excluding carboxylic acids is 1. The Bertz CT molecular complexity index is 1130. The molecular formula is C24H29N5OS. The van der Waals surface area contributed by atoms with Crippen molar-refractivity contribution >= 4 is 33.3 Å². The van der Waals surface area contributed by atoms with Gasteiger partial charge >= 0.3 is 0 Å². The van der Waals surface area contributed by atoms with Crippen LogP contribution in [0.3, 0.4) is 0 Å². The van der Waals surface area contributed by atoms with Gasteiger partial charge in [0, 0.05) is 23.0 Å². The molecular weight excluding hydrogens is 406 g/mol. The predicted octanol–water partition coefficient (Wildman–Crippen LogP) is 4.09. The van der Waals surface area contributed by atoms with Crippen LogP contribution >= 0.6 is 11.3 Å². The molecule has 2 aliphatic rings. The molecule has 1 amide bonds. The van der Waals surface area contributed by atoms with Crippen LogP contribution in [0.15, 0.2) is 30.6 Å². The number of benzene rings is 1. The summed E-state index contributed by atoms with van der Waals surface area (Å²) >= 11 is 1.80. The third-order valence-electron chi connectivity index (χ3n) is 7.21. The summed E-state index contributed by atoms with van der Waals surface area (Å²) < 4.78 is 0. The van der Waals surface area contributed by atoms with Crippen molar-refractivity contribution in [2.24, 2.45) is 11.7 Å². The van der Waals surface area contributed by atoms with Gasteiger partial charge in [-0.15, -0.1) is 11.3 Å². The number of aromatic nitrogens is 2. The van der Waals surface area contributed by atoms with Crippen LogP contribution in [0.2, 0.25) is 0 Å². The Labute approximate surface area is 186 Å². The lowest BCUT2D eigenvalue weighted by Crippen LogP contribution is -2.37. The Hall–Kier alpha value is -2.51. The quantitative estimate of drug-likeness (QED) is 0.629. The molecule has 0 radical (unpaired) electrons. The van der Waals surface area contributed by atoms with E-state index in [2.05, 4.69) is 28.0 Å². The number of hydrogen-bond donors (Lipinski definition) is 2. The van der Waals surface area contributed by atoms with Crippen molar-refractivity contribution in [2.75, 3.05) is 12.8 Å². The zero-order valence-corrected chi connectivity index (χ0v) is 18.7. The molecule has 1 fully saturated rings. The van der Waals surface area contributed by atoms with Gasteiger partial charge in [-0.1, -0.05) is 18.6 Å². The number of thiophene rings is 1. The van der Waals surface area contributed by atoms with Crippen LogP contribution in [0.5, 0.6) is 0 Å². The highest BCUT2D eigenvalue weighted by molar-refractivity contribution is 7.19. The number of aryl methyl sites for hydroxylation is 1. The van der Waals surface area contributed by atoms with Gasteiger partial charge in [0.15, 0.2) is 0 Å². The summed E-state index contributed by atoms with van der Waals surface area (Å²) in [6, 6.07) is 8.23. The van der Waals surface area contributed by atoms with E-state index >= 15 is 0 Å². The predicted molar refractivity (Wildman–Crippen MR) is 125 cm³/mol. The van der Waals surface area contributed by atoms with E-state index in [1.165, 1.54) is 42.5 Å². The summed E-state index contributed by atoms with van der Waals surface area (Å²) in [6.07, 6.45) is 8.87. The number of anilines is 1. The second-order valence-electron chi connectivity index (χ2n) is 9.08. The van der Waals surface area contributed by atoms with Crippen molar-refractivity contribution in [2.45, 2.75) is 57.0 Å². The van der Waals surface area contributed by atoms with Gasteiger partial charge in [0.2, 0.25) is 5.91 Å². The van der Waals surface area contributed by atoms with Gasteiger partial charge in [0.05, 0.1) is 5.39 Å². The lowest BCUT2D eigenvalue weighted by Gasteiger charge is -2.38. The first kappa shape index (κ1) is 20.4. The summed E-state index contributed by atoms with van der Waals surface area (Å²) in [5.74, 6) is 1.49. The lowest BCUT2D eigenvalue weighted by atomic mass is 9.75. The Kier molecular flexibility index (Phi) is 5.40. The van der Waals surface area contributed by atoms with Crippen molar-refractivity contribution in [1.82, 2.24) is 14.9 Å². The number of amides is 1. The van der Waals surface area contributed by atoms with E-state index in [-0.39, 0.29) is 5.91 Å². The zero-order valence-electron chi connectivity index (χ0n) is 17.9. The first-order chi connectivity index (χ1) is 15.0. The fourth-order valence-corrected chi connectivity index (χ4v) is 6.94. The first-order valence-corrected chi connectivity index (χ1v) is 11.9. The number of primary amides is 1. The number of carbonyl (C=O) groups is 1. The minimum Gasteiger partial charge on any atom is -0.383 e. The van der Waals surface area contributed by atoms with Crippen LogP contribution < -0.4 is 11.5 Å². The molecule has 4 N–H and O–H groups in total. The van der Waals surface area contributed by atoms with Crippen molar-refractivity contribution in [3.63, 3.8) is 0 Å². The number of nitrogens with zero attached hydrogens (tertiary/aromatic N) is 3. The molecule has 2 aromatic heterocycles. The highest BCUT2D eigenvalue weighted by Crippen LogP contribution is 2.51. The molecule has 3 atom stereocenters. The molecule has 2 heterocycles. The van der Waals surface area contributed by atoms with Crippen LogP contribution in [-0.2, 0) is 13.0 Å². The maximum atomic E-state index is 11.5. The van der Waals surface area contributed by atoms with E-state index in [9.17, 15) is 4.79 Å². The summed E-state index contributed by atoms with van der Waals surface area (Å²) in [7, 11) is 2.20. The van der Waals surface area contributed by atoms with E-state index in [0.29, 0.717) is 29.3 Å². The normalized spacial score (nSPS) is 23.4. The molecule has 162 valence electrons. The monoisotopic (exact) mass is 435 g/mol.